The third kappa shape index (κ3) is 4.03. The summed E-state index contributed by atoms with van der Waals surface area (Å²) in [5.41, 5.74) is 1.09. The van der Waals surface area contributed by atoms with Gasteiger partial charge in [0.05, 0.1) is 27.4 Å². The van der Waals surface area contributed by atoms with E-state index in [0.717, 1.165) is 10.8 Å². The van der Waals surface area contributed by atoms with Crippen molar-refractivity contribution in [3.05, 3.63) is 59.7 Å². The second kappa shape index (κ2) is 8.92. The molecule has 0 saturated heterocycles. The van der Waals surface area contributed by atoms with Crippen LogP contribution in [0, 0.1) is 0 Å². The second-order valence-electron chi connectivity index (χ2n) is 6.31. The molecular weight excluding hydrogens is 394 g/mol. The van der Waals surface area contributed by atoms with Gasteiger partial charge in [-0.2, -0.15) is 0 Å². The number of benzene rings is 3. The number of nitrogens with one attached hydrogen (secondary N) is 1. The van der Waals surface area contributed by atoms with Crippen molar-refractivity contribution in [2.24, 2.45) is 0 Å². The molecule has 152 valence electrons. The number of amides is 1. The van der Waals surface area contributed by atoms with Crippen molar-refractivity contribution in [2.45, 2.75) is 6.04 Å². The topological polar surface area (TPSA) is 77.0 Å². The van der Waals surface area contributed by atoms with Crippen LogP contribution < -0.4 is 19.5 Å². The maximum absolute atomic E-state index is 12.3. The van der Waals surface area contributed by atoms with Gasteiger partial charge in [-0.15, -0.1) is 11.6 Å². The molecule has 1 unspecified atom stereocenters. The molecule has 0 fully saturated rings. The molecule has 0 aliphatic heterocycles. The summed E-state index contributed by atoms with van der Waals surface area (Å²) in [6, 6.07) is 13.7. The fourth-order valence-electron chi connectivity index (χ4n) is 3.39. The quantitative estimate of drug-likeness (QED) is 0.570. The van der Waals surface area contributed by atoms with E-state index in [4.69, 9.17) is 25.8 Å². The predicted octanol–water partition coefficient (Wildman–Crippen LogP) is 4.02. The van der Waals surface area contributed by atoms with Crippen molar-refractivity contribution in [1.29, 1.82) is 0 Å². The molecule has 0 radical (unpaired) electrons. The fourth-order valence-corrected chi connectivity index (χ4v) is 3.47. The number of phenols is 1. The van der Waals surface area contributed by atoms with E-state index in [-0.39, 0.29) is 11.6 Å². The highest BCUT2D eigenvalue weighted by Crippen LogP contribution is 2.44. The molecule has 6 nitrogen and oxygen atoms in total. The van der Waals surface area contributed by atoms with Crippen LogP contribution in [-0.2, 0) is 4.79 Å². The molecule has 0 bridgehead atoms. The zero-order valence-electron chi connectivity index (χ0n) is 16.4. The number of hydrogen-bond acceptors (Lipinski definition) is 5. The first-order valence-corrected chi connectivity index (χ1v) is 9.43. The number of ether oxygens (including phenoxy) is 3. The standard InChI is InChI=1S/C22H22ClNO5/c1-27-14-10-16(22(29-3)18(11-14)28-2)21(24-19(26)12-23)20-15-7-5-4-6-13(15)8-9-17(20)25/h4-11,21,25H,12H2,1-3H3,(H,24,26). The van der Waals surface area contributed by atoms with Gasteiger partial charge in [0.15, 0.2) is 11.5 Å². The second-order valence-corrected chi connectivity index (χ2v) is 6.57. The molecule has 2 N–H and O–H groups in total. The molecule has 0 spiro atoms. The van der Waals surface area contributed by atoms with Crippen LogP contribution >= 0.6 is 11.6 Å². The van der Waals surface area contributed by atoms with Gasteiger partial charge >= 0.3 is 0 Å². The van der Waals surface area contributed by atoms with Gasteiger partial charge in [0.2, 0.25) is 5.91 Å². The lowest BCUT2D eigenvalue weighted by atomic mass is 9.91. The zero-order chi connectivity index (χ0) is 21.0. The molecule has 0 aliphatic carbocycles. The molecule has 29 heavy (non-hydrogen) atoms. The zero-order valence-corrected chi connectivity index (χ0v) is 17.1. The Morgan fingerprint density at radius 2 is 1.83 bits per heavy atom. The minimum atomic E-state index is -0.758. The number of fused-ring (bicyclic) bond motifs is 1. The summed E-state index contributed by atoms with van der Waals surface area (Å²) in [5.74, 6) is 0.779. The fraction of sp³-hybridized carbons (Fsp3) is 0.227. The lowest BCUT2D eigenvalue weighted by Gasteiger charge is -2.25. The number of phenolic OH excluding ortho intramolecular Hbond substituents is 1. The molecule has 1 atom stereocenters. The van der Waals surface area contributed by atoms with Crippen molar-refractivity contribution in [3.8, 4) is 23.0 Å². The molecule has 1 amide bonds. The van der Waals surface area contributed by atoms with Crippen LogP contribution in [0.4, 0.5) is 0 Å². The van der Waals surface area contributed by atoms with Gasteiger partial charge in [-0.25, -0.2) is 0 Å². The smallest absolute Gasteiger partial charge is 0.235 e. The van der Waals surface area contributed by atoms with Crippen molar-refractivity contribution >= 4 is 28.3 Å². The monoisotopic (exact) mass is 415 g/mol. The number of methoxy groups -OCH3 is 3. The Balaban J connectivity index is 2.34. The molecule has 0 saturated carbocycles. The predicted molar refractivity (Wildman–Crippen MR) is 112 cm³/mol. The van der Waals surface area contributed by atoms with Crippen LogP contribution in [-0.4, -0.2) is 38.2 Å². The van der Waals surface area contributed by atoms with Crippen LogP contribution in [0.3, 0.4) is 0 Å². The first-order chi connectivity index (χ1) is 14.0. The summed E-state index contributed by atoms with van der Waals surface area (Å²) >= 11 is 5.76. The van der Waals surface area contributed by atoms with Crippen LogP contribution in [0.1, 0.15) is 17.2 Å². The first kappa shape index (κ1) is 20.6. The van der Waals surface area contributed by atoms with Crippen LogP contribution in [0.15, 0.2) is 48.5 Å². The lowest BCUT2D eigenvalue weighted by molar-refractivity contribution is -0.119. The number of halogens is 1. The third-order valence-electron chi connectivity index (χ3n) is 4.69. The average Bonchev–Trinajstić information content (AvgIpc) is 2.76. The average molecular weight is 416 g/mol. The summed E-state index contributed by atoms with van der Waals surface area (Å²) in [4.78, 5) is 12.3. The number of aromatic hydroxyl groups is 1. The Hall–Kier alpha value is -3.12. The molecule has 3 rings (SSSR count). The SMILES string of the molecule is COc1cc(OC)c(OC)c(C(NC(=O)CCl)c2c(O)ccc3ccccc23)c1. The van der Waals surface area contributed by atoms with Gasteiger partial charge in [0.1, 0.15) is 17.4 Å². The number of rotatable bonds is 7. The maximum Gasteiger partial charge on any atom is 0.235 e. The van der Waals surface area contributed by atoms with Crippen LogP contribution in [0.2, 0.25) is 0 Å². The Morgan fingerprint density at radius 3 is 2.48 bits per heavy atom. The number of carbonyl (C=O) groups is 1. The van der Waals surface area contributed by atoms with Gasteiger partial charge in [-0.1, -0.05) is 30.3 Å². The molecule has 3 aromatic carbocycles. The summed E-state index contributed by atoms with van der Waals surface area (Å²) in [6.07, 6.45) is 0. The highest BCUT2D eigenvalue weighted by Gasteiger charge is 2.28. The van der Waals surface area contributed by atoms with E-state index < -0.39 is 11.9 Å². The number of carbonyl (C=O) groups excluding carboxylic acids is 1. The van der Waals surface area contributed by atoms with Gasteiger partial charge < -0.3 is 24.6 Å². The Labute approximate surface area is 174 Å². The van der Waals surface area contributed by atoms with Crippen molar-refractivity contribution in [3.63, 3.8) is 0 Å². The van der Waals surface area contributed by atoms with E-state index >= 15 is 0 Å². The van der Waals surface area contributed by atoms with E-state index in [9.17, 15) is 9.90 Å². The molecule has 3 aromatic rings. The summed E-state index contributed by atoms with van der Waals surface area (Å²) in [6.45, 7) is 0. The van der Waals surface area contributed by atoms with E-state index in [1.54, 1.807) is 18.2 Å². The van der Waals surface area contributed by atoms with Crippen molar-refractivity contribution in [2.75, 3.05) is 27.2 Å². The Morgan fingerprint density at radius 1 is 1.07 bits per heavy atom. The third-order valence-corrected chi connectivity index (χ3v) is 4.93. The first-order valence-electron chi connectivity index (χ1n) is 8.89. The number of hydrogen-bond donors (Lipinski definition) is 2. The number of alkyl halides is 1. The van der Waals surface area contributed by atoms with Crippen LogP contribution in [0.25, 0.3) is 10.8 Å². The van der Waals surface area contributed by atoms with Gasteiger partial charge in [0.25, 0.3) is 0 Å². The van der Waals surface area contributed by atoms with Gasteiger partial charge in [-0.3, -0.25) is 4.79 Å². The van der Waals surface area contributed by atoms with E-state index in [1.807, 2.05) is 30.3 Å². The van der Waals surface area contributed by atoms with E-state index in [1.165, 1.54) is 21.3 Å². The summed E-state index contributed by atoms with van der Waals surface area (Å²) in [5, 5.41) is 15.3. The molecule has 0 heterocycles. The maximum atomic E-state index is 12.3. The molecule has 7 heteroatoms. The Bertz CT molecular complexity index is 1040. The summed E-state index contributed by atoms with van der Waals surface area (Å²) in [7, 11) is 4.56. The van der Waals surface area contributed by atoms with E-state index in [0.29, 0.717) is 28.4 Å². The lowest BCUT2D eigenvalue weighted by Crippen LogP contribution is -2.30. The van der Waals surface area contributed by atoms with Crippen molar-refractivity contribution < 1.29 is 24.1 Å². The Kier molecular flexibility index (Phi) is 6.34. The molecular formula is C22H22ClNO5. The minimum absolute atomic E-state index is 0.0346. The largest absolute Gasteiger partial charge is 0.508 e. The minimum Gasteiger partial charge on any atom is -0.508 e. The van der Waals surface area contributed by atoms with Gasteiger partial charge in [-0.05, 0) is 22.9 Å². The molecule has 0 aliphatic rings. The van der Waals surface area contributed by atoms with Gasteiger partial charge in [0, 0.05) is 17.2 Å². The molecule has 0 aromatic heterocycles. The van der Waals surface area contributed by atoms with E-state index in [2.05, 4.69) is 5.32 Å². The normalized spacial score (nSPS) is 11.7. The summed E-state index contributed by atoms with van der Waals surface area (Å²) < 4.78 is 16.4. The highest BCUT2D eigenvalue weighted by atomic mass is 35.5. The van der Waals surface area contributed by atoms with Crippen molar-refractivity contribution in [1.82, 2.24) is 5.32 Å². The highest BCUT2D eigenvalue weighted by molar-refractivity contribution is 6.27. The van der Waals surface area contributed by atoms with Crippen LogP contribution in [0.5, 0.6) is 23.0 Å².